The zero-order chi connectivity index (χ0) is 32.8. The van der Waals surface area contributed by atoms with E-state index >= 15 is 0 Å². The van der Waals surface area contributed by atoms with Gasteiger partial charge in [-0.3, -0.25) is 19.6 Å². The molecule has 3 amide bonds. The minimum atomic E-state index is -1.10. The van der Waals surface area contributed by atoms with Crippen molar-refractivity contribution in [1.82, 2.24) is 25.5 Å². The molecule has 1 aliphatic heterocycles. The fraction of sp³-hybridized carbons (Fsp3) is 0.242. The van der Waals surface area contributed by atoms with Crippen molar-refractivity contribution in [2.45, 2.75) is 32.0 Å². The Balaban J connectivity index is 1.38. The Labute approximate surface area is 275 Å². The van der Waals surface area contributed by atoms with Gasteiger partial charge in [0.05, 0.1) is 35.1 Å². The van der Waals surface area contributed by atoms with Crippen molar-refractivity contribution in [3.05, 3.63) is 93.9 Å². The molecule has 0 aliphatic carbocycles. The number of nitrogens with zero attached hydrogens (tertiary/aromatic N) is 3. The summed E-state index contributed by atoms with van der Waals surface area (Å²) in [6.07, 6.45) is 3.12. The summed E-state index contributed by atoms with van der Waals surface area (Å²) in [4.78, 5) is 46.5. The predicted octanol–water partition coefficient (Wildman–Crippen LogP) is 5.86. The highest BCUT2D eigenvalue weighted by Crippen LogP contribution is 2.41. The van der Waals surface area contributed by atoms with Crippen LogP contribution >= 0.6 is 23.2 Å². The molecular weight excluding hydrogens is 631 g/mol. The number of anilines is 1. The molecule has 3 heterocycles. The van der Waals surface area contributed by atoms with Crippen LogP contribution in [0.4, 0.5) is 10.5 Å². The number of carboxylic acid groups (broad SMARTS) is 1. The highest BCUT2D eigenvalue weighted by molar-refractivity contribution is 6.39. The topological polar surface area (TPSA) is 146 Å². The number of hydrogen-bond acceptors (Lipinski definition) is 7. The second-order valence-electron chi connectivity index (χ2n) is 10.7. The van der Waals surface area contributed by atoms with Gasteiger partial charge in [-0.15, -0.1) is 0 Å². The van der Waals surface area contributed by atoms with Gasteiger partial charge in [-0.1, -0.05) is 53.5 Å². The summed E-state index contributed by atoms with van der Waals surface area (Å²) >= 11 is 13.7. The number of benzene rings is 2. The van der Waals surface area contributed by atoms with Crippen LogP contribution in [-0.4, -0.2) is 64.6 Å². The van der Waals surface area contributed by atoms with Crippen LogP contribution in [0.5, 0.6) is 5.75 Å². The molecule has 46 heavy (non-hydrogen) atoms. The summed E-state index contributed by atoms with van der Waals surface area (Å²) in [6.45, 7) is 0.872. The van der Waals surface area contributed by atoms with Crippen molar-refractivity contribution in [3.8, 4) is 28.1 Å². The van der Waals surface area contributed by atoms with Gasteiger partial charge in [-0.2, -0.15) is 0 Å². The third kappa shape index (κ3) is 7.39. The molecule has 0 bridgehead atoms. The van der Waals surface area contributed by atoms with Gasteiger partial charge >= 0.3 is 6.09 Å². The van der Waals surface area contributed by atoms with E-state index in [1.54, 1.807) is 60.9 Å². The molecule has 4 N–H and O–H groups in total. The minimum absolute atomic E-state index is 0.0656. The maximum Gasteiger partial charge on any atom is 0.407 e. The molecule has 1 saturated heterocycles. The lowest BCUT2D eigenvalue weighted by molar-refractivity contribution is -0.119. The Kier molecular flexibility index (Phi) is 10.4. The normalized spacial score (nSPS) is 14.1. The van der Waals surface area contributed by atoms with Crippen molar-refractivity contribution in [3.63, 3.8) is 0 Å². The molecule has 2 aromatic carbocycles. The van der Waals surface area contributed by atoms with Gasteiger partial charge in [0.2, 0.25) is 5.91 Å². The Morgan fingerprint density at radius 3 is 2.57 bits per heavy atom. The van der Waals surface area contributed by atoms with Gasteiger partial charge in [0.25, 0.3) is 5.91 Å². The molecule has 4 aromatic rings. The molecule has 0 spiro atoms. The lowest BCUT2D eigenvalue weighted by Gasteiger charge is -2.24. The number of ether oxygens (including phenoxy) is 1. The predicted molar refractivity (Wildman–Crippen MR) is 176 cm³/mol. The first-order valence-corrected chi connectivity index (χ1v) is 15.2. The molecule has 2 aromatic heterocycles. The molecule has 238 valence electrons. The lowest BCUT2D eigenvalue weighted by atomic mass is 10.0. The number of rotatable bonds is 11. The van der Waals surface area contributed by atoms with Crippen LogP contribution in [-0.2, 0) is 17.9 Å². The summed E-state index contributed by atoms with van der Waals surface area (Å²) in [5, 5.41) is 19.1. The van der Waals surface area contributed by atoms with E-state index in [-0.39, 0.29) is 30.7 Å². The average molecular weight is 664 g/mol. The molecule has 1 fully saturated rings. The highest BCUT2D eigenvalue weighted by Gasteiger charge is 2.26. The molecule has 0 radical (unpaired) electrons. The second-order valence-corrected chi connectivity index (χ2v) is 11.5. The van der Waals surface area contributed by atoms with Crippen LogP contribution in [0.15, 0.2) is 67.0 Å². The smallest absolute Gasteiger partial charge is 0.407 e. The molecular formula is C33H32Cl2N6O5. The standard InChI is InChI=1S/C33H32Cl2N6O5/c1-36-15-19-6-10-26(38-16-19)32(43)40-25-5-3-4-23(29(25)34)24-12-13-37-31(30(24)35)20-7-8-21(27(14-20)46-2)17-41(33(44)45)18-22-9-11-28(42)39-22/h3-8,10,12-14,16,22,36H,9,11,15,17-18H2,1-2H3,(H,39,42)(H,40,43)(H,44,45)/t22-/m0/s1. The molecule has 0 saturated carbocycles. The monoisotopic (exact) mass is 662 g/mol. The number of methoxy groups -OCH3 is 1. The SMILES string of the molecule is CNCc1ccc(C(=O)Nc2cccc(-c3ccnc(-c4ccc(CN(C[C@@H]5CCC(=O)N5)C(=O)O)c(OC)c4)c3Cl)c2Cl)nc1. The Morgan fingerprint density at radius 2 is 1.89 bits per heavy atom. The zero-order valence-electron chi connectivity index (χ0n) is 25.1. The second kappa shape index (κ2) is 14.6. The number of carbonyl (C=O) groups is 3. The molecule has 1 atom stereocenters. The third-order valence-corrected chi connectivity index (χ3v) is 8.37. The third-order valence-electron chi connectivity index (χ3n) is 7.58. The van der Waals surface area contributed by atoms with Gasteiger partial charge in [-0.05, 0) is 43.3 Å². The summed E-state index contributed by atoms with van der Waals surface area (Å²) in [5.41, 5.74) is 4.53. The molecule has 1 aliphatic rings. The number of hydrogen-bond donors (Lipinski definition) is 4. The van der Waals surface area contributed by atoms with E-state index in [2.05, 4.69) is 25.9 Å². The van der Waals surface area contributed by atoms with Crippen LogP contribution in [0.3, 0.4) is 0 Å². The van der Waals surface area contributed by atoms with E-state index in [1.807, 2.05) is 13.1 Å². The largest absolute Gasteiger partial charge is 0.496 e. The first-order chi connectivity index (χ1) is 22.2. The minimum Gasteiger partial charge on any atom is -0.496 e. The van der Waals surface area contributed by atoms with Crippen LogP contribution in [0.1, 0.15) is 34.5 Å². The summed E-state index contributed by atoms with van der Waals surface area (Å²) in [5.74, 6) is -0.0267. The number of carbonyl (C=O) groups excluding carboxylic acids is 2. The Morgan fingerprint density at radius 1 is 1.09 bits per heavy atom. The average Bonchev–Trinajstić information content (AvgIpc) is 3.47. The van der Waals surface area contributed by atoms with Crippen molar-refractivity contribution < 1.29 is 24.2 Å². The maximum absolute atomic E-state index is 12.9. The van der Waals surface area contributed by atoms with E-state index in [4.69, 9.17) is 27.9 Å². The summed E-state index contributed by atoms with van der Waals surface area (Å²) in [6, 6.07) is 15.5. The van der Waals surface area contributed by atoms with Gasteiger partial charge in [0.1, 0.15) is 11.4 Å². The number of amides is 3. The van der Waals surface area contributed by atoms with Gasteiger partial charge in [0.15, 0.2) is 0 Å². The van der Waals surface area contributed by atoms with Crippen LogP contribution in [0.25, 0.3) is 22.4 Å². The Bertz CT molecular complexity index is 1770. The van der Waals surface area contributed by atoms with E-state index in [9.17, 15) is 19.5 Å². The fourth-order valence-corrected chi connectivity index (χ4v) is 5.86. The molecule has 11 nitrogen and oxygen atoms in total. The lowest BCUT2D eigenvalue weighted by Crippen LogP contribution is -2.41. The number of pyridine rings is 2. The number of nitrogens with one attached hydrogen (secondary N) is 3. The van der Waals surface area contributed by atoms with Gasteiger partial charge in [0, 0.05) is 60.2 Å². The van der Waals surface area contributed by atoms with Gasteiger partial charge < -0.3 is 30.7 Å². The zero-order valence-corrected chi connectivity index (χ0v) is 26.7. The van der Waals surface area contributed by atoms with E-state index in [0.717, 1.165) is 5.56 Å². The maximum atomic E-state index is 12.9. The van der Waals surface area contributed by atoms with Crippen molar-refractivity contribution in [2.24, 2.45) is 0 Å². The Hall–Kier alpha value is -4.71. The van der Waals surface area contributed by atoms with E-state index in [1.165, 1.54) is 12.0 Å². The van der Waals surface area contributed by atoms with Crippen LogP contribution < -0.4 is 20.7 Å². The molecule has 13 heteroatoms. The first kappa shape index (κ1) is 32.7. The van der Waals surface area contributed by atoms with Crippen molar-refractivity contribution in [1.29, 1.82) is 0 Å². The summed E-state index contributed by atoms with van der Waals surface area (Å²) in [7, 11) is 3.34. The van der Waals surface area contributed by atoms with Crippen LogP contribution in [0.2, 0.25) is 10.0 Å². The van der Waals surface area contributed by atoms with Crippen molar-refractivity contribution >= 4 is 46.8 Å². The van der Waals surface area contributed by atoms with Crippen molar-refractivity contribution in [2.75, 3.05) is 26.0 Å². The molecule has 0 unspecified atom stereocenters. The van der Waals surface area contributed by atoms with Crippen LogP contribution in [0, 0.1) is 0 Å². The highest BCUT2D eigenvalue weighted by atomic mass is 35.5. The fourth-order valence-electron chi connectivity index (χ4n) is 5.26. The number of halogens is 2. The first-order valence-electron chi connectivity index (χ1n) is 14.5. The van der Waals surface area contributed by atoms with E-state index in [0.29, 0.717) is 68.8 Å². The number of aromatic nitrogens is 2. The molecule has 5 rings (SSSR count). The summed E-state index contributed by atoms with van der Waals surface area (Å²) < 4.78 is 5.63. The quantitative estimate of drug-likeness (QED) is 0.156. The van der Waals surface area contributed by atoms with E-state index < -0.39 is 12.0 Å². The van der Waals surface area contributed by atoms with Gasteiger partial charge in [-0.25, -0.2) is 4.79 Å².